The molecule has 0 saturated carbocycles. The average Bonchev–Trinajstić information content (AvgIpc) is 2.87. The van der Waals surface area contributed by atoms with Crippen molar-refractivity contribution < 1.29 is 9.90 Å². The molecule has 0 aliphatic heterocycles. The van der Waals surface area contributed by atoms with Gasteiger partial charge >= 0.3 is 0 Å². The van der Waals surface area contributed by atoms with Crippen LogP contribution in [0.4, 0.5) is 0 Å². The summed E-state index contributed by atoms with van der Waals surface area (Å²) < 4.78 is 0. The fourth-order valence-corrected chi connectivity index (χ4v) is 2.21. The molecular formula is C13H15O2-. The van der Waals surface area contributed by atoms with Gasteiger partial charge in [0.15, 0.2) is 0 Å². The predicted molar refractivity (Wildman–Crippen MR) is 57.0 cm³/mol. The molecule has 2 heteroatoms. The molecule has 0 N–H and O–H groups in total. The molecule has 0 amide bonds. The topological polar surface area (TPSA) is 40.1 Å². The van der Waals surface area contributed by atoms with Crippen LogP contribution in [-0.4, -0.2) is 5.97 Å². The van der Waals surface area contributed by atoms with Gasteiger partial charge in [-0.05, 0) is 50.2 Å². The summed E-state index contributed by atoms with van der Waals surface area (Å²) in [6.07, 6.45) is 12.1. The number of carboxylic acid groups (broad SMARTS) is 1. The van der Waals surface area contributed by atoms with Crippen molar-refractivity contribution in [2.75, 3.05) is 0 Å². The Morgan fingerprint density at radius 1 is 1.20 bits per heavy atom. The molecule has 0 aromatic carbocycles. The van der Waals surface area contributed by atoms with Gasteiger partial charge in [0.05, 0.1) is 5.97 Å². The number of hydrogen-bond acceptors (Lipinski definition) is 2. The number of carbonyl (C=O) groups is 1. The van der Waals surface area contributed by atoms with Crippen molar-refractivity contribution in [1.29, 1.82) is 0 Å². The van der Waals surface area contributed by atoms with Crippen molar-refractivity contribution >= 4 is 5.97 Å². The van der Waals surface area contributed by atoms with E-state index in [2.05, 4.69) is 6.08 Å². The summed E-state index contributed by atoms with van der Waals surface area (Å²) >= 11 is 0. The van der Waals surface area contributed by atoms with E-state index in [-0.39, 0.29) is 0 Å². The molecule has 0 bridgehead atoms. The minimum atomic E-state index is -1.03. The maximum atomic E-state index is 11.0. The summed E-state index contributed by atoms with van der Waals surface area (Å²) in [5.74, 6) is -1.03. The molecule has 0 aromatic heterocycles. The SMILES string of the molecule is O=C([O-])/C(=C\C1=CCCC1)C1=CCCC1. The first-order chi connectivity index (χ1) is 7.27. The summed E-state index contributed by atoms with van der Waals surface area (Å²) in [4.78, 5) is 11.0. The maximum absolute atomic E-state index is 11.0. The lowest BCUT2D eigenvalue weighted by molar-refractivity contribution is -0.298. The van der Waals surface area contributed by atoms with Gasteiger partial charge in [0, 0.05) is 5.57 Å². The number of carbonyl (C=O) groups excluding carboxylic acids is 1. The third kappa shape index (κ3) is 2.38. The lowest BCUT2D eigenvalue weighted by Crippen LogP contribution is -2.25. The molecule has 80 valence electrons. The molecular weight excluding hydrogens is 188 g/mol. The van der Waals surface area contributed by atoms with E-state index < -0.39 is 5.97 Å². The van der Waals surface area contributed by atoms with Crippen molar-refractivity contribution in [2.45, 2.75) is 38.5 Å². The standard InChI is InChI=1S/C13H16O2/c14-13(15)12(11-7-3-4-8-11)9-10-5-1-2-6-10/h5,7,9H,1-4,6,8H2,(H,14,15)/p-1/b12-9-. The van der Waals surface area contributed by atoms with E-state index in [9.17, 15) is 9.90 Å². The zero-order chi connectivity index (χ0) is 10.7. The third-order valence-electron chi connectivity index (χ3n) is 3.01. The van der Waals surface area contributed by atoms with Gasteiger partial charge < -0.3 is 9.90 Å². The van der Waals surface area contributed by atoms with Crippen LogP contribution in [0.1, 0.15) is 38.5 Å². The van der Waals surface area contributed by atoms with Crippen LogP contribution in [0.25, 0.3) is 0 Å². The summed E-state index contributed by atoms with van der Waals surface area (Å²) in [5, 5.41) is 11.0. The Hall–Kier alpha value is -1.31. The Balaban J connectivity index is 2.22. The van der Waals surface area contributed by atoms with Crippen LogP contribution in [0.3, 0.4) is 0 Å². The highest BCUT2D eigenvalue weighted by Gasteiger charge is 2.12. The molecule has 15 heavy (non-hydrogen) atoms. The monoisotopic (exact) mass is 203 g/mol. The number of aliphatic carboxylic acids is 1. The summed E-state index contributed by atoms with van der Waals surface area (Å²) in [6.45, 7) is 0. The summed E-state index contributed by atoms with van der Waals surface area (Å²) in [7, 11) is 0. The van der Waals surface area contributed by atoms with E-state index in [1.807, 2.05) is 6.08 Å². The fourth-order valence-electron chi connectivity index (χ4n) is 2.21. The normalized spacial score (nSPS) is 21.5. The van der Waals surface area contributed by atoms with Crippen LogP contribution >= 0.6 is 0 Å². The quantitative estimate of drug-likeness (QED) is 0.657. The lowest BCUT2D eigenvalue weighted by atomic mass is 10.0. The molecule has 2 nitrogen and oxygen atoms in total. The maximum Gasteiger partial charge on any atom is 0.0718 e. The van der Waals surface area contributed by atoms with Gasteiger partial charge in [0.1, 0.15) is 0 Å². The highest BCUT2D eigenvalue weighted by Crippen LogP contribution is 2.27. The van der Waals surface area contributed by atoms with Gasteiger partial charge in [-0.15, -0.1) is 0 Å². The molecule has 2 rings (SSSR count). The highest BCUT2D eigenvalue weighted by atomic mass is 16.4. The molecule has 0 spiro atoms. The van der Waals surface area contributed by atoms with E-state index in [0.29, 0.717) is 5.57 Å². The smallest absolute Gasteiger partial charge is 0.0718 e. The fraction of sp³-hybridized carbons (Fsp3) is 0.462. The van der Waals surface area contributed by atoms with Crippen molar-refractivity contribution in [3.05, 3.63) is 34.9 Å². The number of allylic oxidation sites excluding steroid dienone is 4. The Kier molecular flexibility index (Phi) is 3.05. The molecule has 2 aliphatic rings. The zero-order valence-electron chi connectivity index (χ0n) is 8.79. The number of rotatable bonds is 3. The first kappa shape index (κ1) is 10.2. The third-order valence-corrected chi connectivity index (χ3v) is 3.01. The lowest BCUT2D eigenvalue weighted by Gasteiger charge is -2.10. The van der Waals surface area contributed by atoms with Gasteiger partial charge in [-0.25, -0.2) is 0 Å². The Labute approximate surface area is 90.0 Å². The number of carboxylic acids is 1. The summed E-state index contributed by atoms with van der Waals surface area (Å²) in [6, 6.07) is 0. The molecule has 0 saturated heterocycles. The van der Waals surface area contributed by atoms with E-state index in [1.165, 1.54) is 0 Å². The van der Waals surface area contributed by atoms with E-state index in [4.69, 9.17) is 0 Å². The average molecular weight is 203 g/mol. The Morgan fingerprint density at radius 2 is 1.93 bits per heavy atom. The minimum Gasteiger partial charge on any atom is -0.545 e. The van der Waals surface area contributed by atoms with Gasteiger partial charge in [-0.3, -0.25) is 0 Å². The zero-order valence-corrected chi connectivity index (χ0v) is 8.79. The van der Waals surface area contributed by atoms with Crippen LogP contribution in [-0.2, 0) is 4.79 Å². The van der Waals surface area contributed by atoms with E-state index >= 15 is 0 Å². The summed E-state index contributed by atoms with van der Waals surface area (Å²) in [5.41, 5.74) is 2.52. The molecule has 0 heterocycles. The molecule has 0 atom stereocenters. The molecule has 0 unspecified atom stereocenters. The second kappa shape index (κ2) is 4.47. The molecule has 2 aliphatic carbocycles. The first-order valence-corrected chi connectivity index (χ1v) is 5.59. The minimum absolute atomic E-state index is 0.403. The van der Waals surface area contributed by atoms with Crippen LogP contribution < -0.4 is 5.11 Å². The Morgan fingerprint density at radius 3 is 2.47 bits per heavy atom. The highest BCUT2D eigenvalue weighted by molar-refractivity contribution is 5.91. The van der Waals surface area contributed by atoms with Crippen molar-refractivity contribution in [3.8, 4) is 0 Å². The van der Waals surface area contributed by atoms with Gasteiger partial charge in [-0.1, -0.05) is 17.7 Å². The van der Waals surface area contributed by atoms with E-state index in [0.717, 1.165) is 49.7 Å². The predicted octanol–water partition coefficient (Wildman–Crippen LogP) is 1.88. The van der Waals surface area contributed by atoms with Gasteiger partial charge in [-0.2, -0.15) is 0 Å². The van der Waals surface area contributed by atoms with Crippen molar-refractivity contribution in [2.24, 2.45) is 0 Å². The van der Waals surface area contributed by atoms with Gasteiger partial charge in [0.25, 0.3) is 0 Å². The van der Waals surface area contributed by atoms with E-state index in [1.54, 1.807) is 6.08 Å². The van der Waals surface area contributed by atoms with Crippen molar-refractivity contribution in [1.82, 2.24) is 0 Å². The first-order valence-electron chi connectivity index (χ1n) is 5.59. The number of hydrogen-bond donors (Lipinski definition) is 0. The van der Waals surface area contributed by atoms with Crippen molar-refractivity contribution in [3.63, 3.8) is 0 Å². The van der Waals surface area contributed by atoms with Crippen LogP contribution in [0.15, 0.2) is 34.9 Å². The second-order valence-electron chi connectivity index (χ2n) is 4.14. The van der Waals surface area contributed by atoms with Gasteiger partial charge in [0.2, 0.25) is 0 Å². The molecule has 0 fully saturated rings. The molecule has 0 aromatic rings. The molecule has 0 radical (unpaired) electrons. The second-order valence-corrected chi connectivity index (χ2v) is 4.14. The van der Waals surface area contributed by atoms with Crippen LogP contribution in [0.5, 0.6) is 0 Å². The van der Waals surface area contributed by atoms with Crippen LogP contribution in [0, 0.1) is 0 Å². The van der Waals surface area contributed by atoms with Crippen LogP contribution in [0.2, 0.25) is 0 Å². The Bertz CT molecular complexity index is 359. The largest absolute Gasteiger partial charge is 0.545 e.